The van der Waals surface area contributed by atoms with Gasteiger partial charge < -0.3 is 29.5 Å². The van der Waals surface area contributed by atoms with Crippen molar-refractivity contribution in [2.45, 2.75) is 90.1 Å². The highest BCUT2D eigenvalue weighted by Crippen LogP contribution is 2.91. The number of alkyl halides is 2. The summed E-state index contributed by atoms with van der Waals surface area (Å²) in [4.78, 5) is 57.7. The number of aryl methyl sites for hydroxylation is 1. The molecule has 4 bridgehead atoms. The maximum absolute atomic E-state index is 14.3. The lowest BCUT2D eigenvalue weighted by atomic mass is 9.18. The van der Waals surface area contributed by atoms with E-state index in [0.717, 1.165) is 31.8 Å². The lowest BCUT2D eigenvalue weighted by Crippen LogP contribution is -2.86. The molecule has 3 aromatic rings. The van der Waals surface area contributed by atoms with Crippen LogP contribution < -0.4 is 15.8 Å². The number of hydrogen-bond acceptors (Lipinski definition) is 10. The Morgan fingerprint density at radius 2 is 1.75 bits per heavy atom. The van der Waals surface area contributed by atoms with Crippen molar-refractivity contribution in [2.75, 3.05) is 44.3 Å². The van der Waals surface area contributed by atoms with Crippen molar-refractivity contribution >= 4 is 28.9 Å². The molecule has 8 aliphatic rings. The Balaban J connectivity index is 0.974. The minimum atomic E-state index is -2.64. The first-order valence-corrected chi connectivity index (χ1v) is 18.3. The number of fused-ring (bicyclic) bond motifs is 1. The highest BCUT2D eigenvalue weighted by Gasteiger charge is 2.87. The van der Waals surface area contributed by atoms with Crippen LogP contribution in [0.1, 0.15) is 86.5 Å². The topological polar surface area (TPSA) is 160 Å². The summed E-state index contributed by atoms with van der Waals surface area (Å²) in [7, 11) is 0. The molecule has 2 N–H and O–H groups in total. The maximum atomic E-state index is 14.3. The molecule has 0 spiro atoms. The lowest BCUT2D eigenvalue weighted by Gasteiger charge is -2.88. The van der Waals surface area contributed by atoms with Gasteiger partial charge in [0.1, 0.15) is 18.6 Å². The number of nitrogens with one attached hydrogen (secondary N) is 1. The summed E-state index contributed by atoms with van der Waals surface area (Å²) in [5, 5.41) is 18.4. The molecule has 5 heterocycles. The molecule has 11 rings (SSSR count). The standard InChI is InChI=1S/C36H43F2N9O5/c1-4-23-26(44-7-9-45(10-8-44)29(50)25-27(49)21(2)39-20-40-25)30(51)47-31(41-28(43-47)22-5-11-52-12-6-22)46(23)13-24(48)42-36-17-35(18-36,19-36)34-14-33(15-34,16-34)32(3,37)38/h5,20,49H,4,6-19H2,1-3H3,(H,42,48). The Hall–Kier alpha value is -4.47. The molecule has 0 unspecified atom stereocenters. The number of halogens is 2. The second-order valence-corrected chi connectivity index (χ2v) is 16.3. The van der Waals surface area contributed by atoms with Crippen LogP contribution in [0.2, 0.25) is 0 Å². The summed E-state index contributed by atoms with van der Waals surface area (Å²) in [5.41, 5.74) is 0.754. The summed E-state index contributed by atoms with van der Waals surface area (Å²) in [5.74, 6) is -2.81. The van der Waals surface area contributed by atoms with Gasteiger partial charge in [-0.05, 0) is 81.6 Å². The number of carbonyl (C=O) groups is 2. The summed E-state index contributed by atoms with van der Waals surface area (Å²) in [6.45, 7) is 6.67. The van der Waals surface area contributed by atoms with Crippen molar-refractivity contribution < 1.29 is 28.2 Å². The zero-order chi connectivity index (χ0) is 36.4. The molecule has 1 saturated heterocycles. The summed E-state index contributed by atoms with van der Waals surface area (Å²) >= 11 is 0. The average Bonchev–Trinajstić information content (AvgIpc) is 3.50. The molecule has 2 aliphatic heterocycles. The predicted octanol–water partition coefficient (Wildman–Crippen LogP) is 2.89. The monoisotopic (exact) mass is 719 g/mol. The van der Waals surface area contributed by atoms with Crippen molar-refractivity contribution in [3.63, 3.8) is 0 Å². The molecule has 14 nitrogen and oxygen atoms in total. The number of ether oxygens (including phenoxy) is 1. The number of rotatable bonds is 9. The van der Waals surface area contributed by atoms with Gasteiger partial charge in [0.25, 0.3) is 17.4 Å². The summed E-state index contributed by atoms with van der Waals surface area (Å²) in [6.07, 6.45) is 8.42. The molecule has 0 atom stereocenters. The predicted molar refractivity (Wildman–Crippen MR) is 183 cm³/mol. The molecule has 6 saturated carbocycles. The number of nitrogens with zero attached hydrogens (tertiary/aromatic N) is 8. The number of carbonyl (C=O) groups excluding carboxylic acids is 2. The van der Waals surface area contributed by atoms with Crippen molar-refractivity contribution in [3.05, 3.63) is 45.7 Å². The van der Waals surface area contributed by atoms with Gasteiger partial charge >= 0.3 is 0 Å². The Morgan fingerprint density at radius 1 is 1.06 bits per heavy atom. The van der Waals surface area contributed by atoms with Crippen LogP contribution in [0.25, 0.3) is 11.4 Å². The quantitative estimate of drug-likeness (QED) is 0.337. The van der Waals surface area contributed by atoms with E-state index in [1.54, 1.807) is 16.4 Å². The van der Waals surface area contributed by atoms with Crippen LogP contribution in [0.15, 0.2) is 17.2 Å². The summed E-state index contributed by atoms with van der Waals surface area (Å²) in [6, 6.07) is 0. The van der Waals surface area contributed by atoms with E-state index >= 15 is 0 Å². The fourth-order valence-corrected chi connectivity index (χ4v) is 10.5. The van der Waals surface area contributed by atoms with Crippen LogP contribution >= 0.6 is 0 Å². The molecular weight excluding hydrogens is 676 g/mol. The first-order valence-electron chi connectivity index (χ1n) is 18.3. The third kappa shape index (κ3) is 4.57. The van der Waals surface area contributed by atoms with Crippen LogP contribution in [0.4, 0.5) is 14.5 Å². The number of piperazine rings is 1. The van der Waals surface area contributed by atoms with Crippen molar-refractivity contribution in [3.8, 4) is 5.75 Å². The molecule has 0 aromatic carbocycles. The number of hydrogen-bond donors (Lipinski definition) is 2. The fraction of sp³-hybridized carbons (Fsp3) is 0.639. The second kappa shape index (κ2) is 11.0. The highest BCUT2D eigenvalue weighted by atomic mass is 19.3. The summed E-state index contributed by atoms with van der Waals surface area (Å²) < 4.78 is 36.9. The largest absolute Gasteiger partial charge is 0.504 e. The van der Waals surface area contributed by atoms with Crippen LogP contribution in [-0.2, 0) is 22.5 Å². The Kier molecular flexibility index (Phi) is 7.08. The minimum absolute atomic E-state index is 0.00755. The van der Waals surface area contributed by atoms with Gasteiger partial charge in [0.2, 0.25) is 11.7 Å². The smallest absolute Gasteiger partial charge is 0.299 e. The van der Waals surface area contributed by atoms with E-state index in [2.05, 4.69) is 20.4 Å². The van der Waals surface area contributed by atoms with Crippen LogP contribution in [0.3, 0.4) is 0 Å². The molecular formula is C36H43F2N9O5. The zero-order valence-corrected chi connectivity index (χ0v) is 29.7. The number of aromatic nitrogens is 6. The van der Waals surface area contributed by atoms with E-state index in [1.165, 1.54) is 10.8 Å². The molecule has 3 aromatic heterocycles. The third-order valence-electron chi connectivity index (χ3n) is 13.3. The average molecular weight is 720 g/mol. The van der Waals surface area contributed by atoms with E-state index in [-0.39, 0.29) is 64.7 Å². The third-order valence-corrected chi connectivity index (χ3v) is 13.3. The van der Waals surface area contributed by atoms with E-state index < -0.39 is 17.2 Å². The van der Waals surface area contributed by atoms with Crippen molar-refractivity contribution in [2.24, 2.45) is 16.2 Å². The van der Waals surface area contributed by atoms with Gasteiger partial charge in [0, 0.05) is 37.1 Å². The van der Waals surface area contributed by atoms with Gasteiger partial charge in [-0.25, -0.2) is 18.7 Å². The molecule has 276 valence electrons. The van der Waals surface area contributed by atoms with Gasteiger partial charge in [-0.2, -0.15) is 9.50 Å². The molecule has 7 fully saturated rings. The van der Waals surface area contributed by atoms with Gasteiger partial charge in [0.15, 0.2) is 17.3 Å². The first-order chi connectivity index (χ1) is 24.7. The second-order valence-electron chi connectivity index (χ2n) is 16.3. The van der Waals surface area contributed by atoms with Gasteiger partial charge in [0.05, 0.1) is 24.6 Å². The van der Waals surface area contributed by atoms with E-state index in [9.17, 15) is 28.3 Å². The van der Waals surface area contributed by atoms with E-state index in [0.29, 0.717) is 81.3 Å². The van der Waals surface area contributed by atoms with E-state index in [4.69, 9.17) is 9.72 Å². The van der Waals surface area contributed by atoms with Gasteiger partial charge in [-0.3, -0.25) is 14.4 Å². The van der Waals surface area contributed by atoms with Crippen LogP contribution in [-0.4, -0.2) is 102 Å². The zero-order valence-electron chi connectivity index (χ0n) is 29.7. The molecule has 2 amide bonds. The molecule has 52 heavy (non-hydrogen) atoms. The SMILES string of the molecule is CCc1c(N2CCN(C(=O)c3ncnc(C)c3O)CC2)c(=O)n2nc(C3=CCOCC3)nc2n1CC(=O)NC12CC(C34CC(C(C)(F)F)(C3)C4)(C1)C2. The number of amides is 2. The van der Waals surface area contributed by atoms with E-state index in [1.807, 2.05) is 17.9 Å². The van der Waals surface area contributed by atoms with Crippen molar-refractivity contribution in [1.82, 2.24) is 39.3 Å². The van der Waals surface area contributed by atoms with Gasteiger partial charge in [-0.1, -0.05) is 13.0 Å². The number of anilines is 1. The van der Waals surface area contributed by atoms with Crippen molar-refractivity contribution in [1.29, 1.82) is 0 Å². The molecule has 6 aliphatic carbocycles. The Morgan fingerprint density at radius 3 is 2.38 bits per heavy atom. The highest BCUT2D eigenvalue weighted by molar-refractivity contribution is 5.95. The minimum Gasteiger partial charge on any atom is -0.504 e. The van der Waals surface area contributed by atoms with Crippen LogP contribution in [0.5, 0.6) is 5.75 Å². The normalized spacial score (nSPS) is 30.5. The fourth-order valence-electron chi connectivity index (χ4n) is 10.5. The molecule has 0 radical (unpaired) electrons. The lowest BCUT2D eigenvalue weighted by molar-refractivity contribution is -0.402. The number of aromatic hydroxyl groups is 1. The first kappa shape index (κ1) is 33.4. The molecule has 16 heteroatoms. The van der Waals surface area contributed by atoms with Crippen LogP contribution in [0, 0.1) is 23.2 Å². The van der Waals surface area contributed by atoms with Gasteiger partial charge in [-0.15, -0.1) is 5.10 Å². The maximum Gasteiger partial charge on any atom is 0.299 e. The Bertz CT molecular complexity index is 2090. The Labute approximate surface area is 298 Å².